The molecule has 0 fully saturated rings. The predicted molar refractivity (Wildman–Crippen MR) is 109 cm³/mol. The molecule has 1 atom stereocenters. The molecule has 0 saturated carbocycles. The Balaban J connectivity index is 1.68. The molecule has 2 aromatic carbocycles. The van der Waals surface area contributed by atoms with Crippen LogP contribution in [0.3, 0.4) is 0 Å². The number of halogens is 1. The summed E-state index contributed by atoms with van der Waals surface area (Å²) in [6.07, 6.45) is 0.559. The molecule has 0 aliphatic carbocycles. The Morgan fingerprint density at radius 2 is 2.00 bits per heavy atom. The van der Waals surface area contributed by atoms with Crippen molar-refractivity contribution in [1.82, 2.24) is 4.90 Å². The molecule has 3 rings (SSSR count). The van der Waals surface area contributed by atoms with Gasteiger partial charge in [-0.05, 0) is 30.2 Å². The molecule has 0 saturated heterocycles. The minimum Gasteiger partial charge on any atom is -0.390 e. The lowest BCUT2D eigenvalue weighted by atomic mass is 10.0. The van der Waals surface area contributed by atoms with Crippen LogP contribution in [0.15, 0.2) is 53.7 Å². The van der Waals surface area contributed by atoms with Gasteiger partial charge in [-0.2, -0.15) is 0 Å². The average Bonchev–Trinajstić information content (AvgIpc) is 3.09. The number of carbonyl (C=O) groups excluding carboxylic acids is 1. The second-order valence-electron chi connectivity index (χ2n) is 7.34. The van der Waals surface area contributed by atoms with Crippen LogP contribution in [-0.4, -0.2) is 29.2 Å². The molecule has 1 aliphatic rings. The standard InChI is InChI=1S/C22H25ClN2O2/c1-15(2)22(26)25(13-17-5-4-6-19(23)11-17)14-20-12-21(24-27-20)18-9-7-16(3)8-10-18/h4-11,15,20H,12-14H2,1-3H3/t20-/m1/s1. The van der Waals surface area contributed by atoms with Crippen LogP contribution in [-0.2, 0) is 16.2 Å². The Kier molecular flexibility index (Phi) is 6.17. The van der Waals surface area contributed by atoms with Gasteiger partial charge in [0, 0.05) is 23.9 Å². The van der Waals surface area contributed by atoms with Gasteiger partial charge in [-0.25, -0.2) is 0 Å². The lowest BCUT2D eigenvalue weighted by Crippen LogP contribution is -2.39. The van der Waals surface area contributed by atoms with Crippen LogP contribution in [0.5, 0.6) is 0 Å². The molecule has 2 aromatic rings. The maximum absolute atomic E-state index is 12.7. The highest BCUT2D eigenvalue weighted by molar-refractivity contribution is 6.30. The Hall–Kier alpha value is -2.33. The molecule has 142 valence electrons. The van der Waals surface area contributed by atoms with Crippen LogP contribution in [0.1, 0.15) is 37.0 Å². The first-order valence-corrected chi connectivity index (χ1v) is 9.63. The first kappa shape index (κ1) is 19.4. The van der Waals surface area contributed by atoms with Crippen molar-refractivity contribution in [3.63, 3.8) is 0 Å². The molecule has 0 bridgehead atoms. The van der Waals surface area contributed by atoms with E-state index in [2.05, 4.69) is 36.3 Å². The van der Waals surface area contributed by atoms with Gasteiger partial charge in [-0.3, -0.25) is 4.79 Å². The van der Waals surface area contributed by atoms with Gasteiger partial charge in [-0.1, -0.05) is 72.6 Å². The number of benzene rings is 2. The number of nitrogens with zero attached hydrogens (tertiary/aromatic N) is 2. The lowest BCUT2D eigenvalue weighted by Gasteiger charge is -2.26. The van der Waals surface area contributed by atoms with Crippen molar-refractivity contribution in [3.05, 3.63) is 70.2 Å². The molecular weight excluding hydrogens is 360 g/mol. The summed E-state index contributed by atoms with van der Waals surface area (Å²) >= 11 is 6.09. The summed E-state index contributed by atoms with van der Waals surface area (Å²) in [7, 11) is 0. The number of carbonyl (C=O) groups is 1. The van der Waals surface area contributed by atoms with Gasteiger partial charge < -0.3 is 9.74 Å². The fourth-order valence-corrected chi connectivity index (χ4v) is 3.35. The molecule has 1 aliphatic heterocycles. The van der Waals surface area contributed by atoms with Gasteiger partial charge in [0.05, 0.1) is 12.3 Å². The van der Waals surface area contributed by atoms with Crippen molar-refractivity contribution in [2.24, 2.45) is 11.1 Å². The zero-order chi connectivity index (χ0) is 19.4. The van der Waals surface area contributed by atoms with E-state index in [1.807, 2.05) is 43.0 Å². The molecule has 0 radical (unpaired) electrons. The van der Waals surface area contributed by atoms with E-state index in [1.165, 1.54) is 5.56 Å². The minimum absolute atomic E-state index is 0.0805. The van der Waals surface area contributed by atoms with E-state index < -0.39 is 0 Å². The summed E-state index contributed by atoms with van der Waals surface area (Å²) in [5, 5.41) is 4.93. The van der Waals surface area contributed by atoms with Crippen molar-refractivity contribution in [2.45, 2.75) is 39.8 Å². The van der Waals surface area contributed by atoms with Crippen molar-refractivity contribution < 1.29 is 9.63 Å². The van der Waals surface area contributed by atoms with Gasteiger partial charge in [0.15, 0.2) is 6.10 Å². The Bertz CT molecular complexity index is 830. The highest BCUT2D eigenvalue weighted by atomic mass is 35.5. The van der Waals surface area contributed by atoms with Crippen molar-refractivity contribution in [3.8, 4) is 0 Å². The molecule has 1 amide bonds. The molecule has 1 heterocycles. The topological polar surface area (TPSA) is 41.9 Å². The zero-order valence-corrected chi connectivity index (χ0v) is 16.7. The smallest absolute Gasteiger partial charge is 0.225 e. The van der Waals surface area contributed by atoms with E-state index in [1.54, 1.807) is 0 Å². The molecule has 0 aromatic heterocycles. The van der Waals surface area contributed by atoms with E-state index in [0.717, 1.165) is 16.8 Å². The number of hydrogen-bond acceptors (Lipinski definition) is 3. The molecular formula is C22H25ClN2O2. The monoisotopic (exact) mass is 384 g/mol. The van der Waals surface area contributed by atoms with Crippen LogP contribution in [0.2, 0.25) is 5.02 Å². The molecule has 5 heteroatoms. The van der Waals surface area contributed by atoms with Gasteiger partial charge in [0.1, 0.15) is 0 Å². The fraction of sp³-hybridized carbons (Fsp3) is 0.364. The highest BCUT2D eigenvalue weighted by Gasteiger charge is 2.27. The molecule has 0 spiro atoms. The minimum atomic E-state index is -0.136. The van der Waals surface area contributed by atoms with Crippen molar-refractivity contribution >= 4 is 23.2 Å². The van der Waals surface area contributed by atoms with Crippen LogP contribution in [0.25, 0.3) is 0 Å². The Labute approximate surface area is 165 Å². The first-order valence-electron chi connectivity index (χ1n) is 9.25. The van der Waals surface area contributed by atoms with E-state index in [9.17, 15) is 4.79 Å². The average molecular weight is 385 g/mol. The number of oxime groups is 1. The maximum Gasteiger partial charge on any atom is 0.225 e. The summed E-state index contributed by atoms with van der Waals surface area (Å²) < 4.78 is 0. The second-order valence-corrected chi connectivity index (χ2v) is 7.78. The molecule has 27 heavy (non-hydrogen) atoms. The fourth-order valence-electron chi connectivity index (χ4n) is 3.14. The largest absolute Gasteiger partial charge is 0.390 e. The highest BCUT2D eigenvalue weighted by Crippen LogP contribution is 2.21. The summed E-state index contributed by atoms with van der Waals surface area (Å²) in [6.45, 7) is 6.90. The Morgan fingerprint density at radius 1 is 1.26 bits per heavy atom. The lowest BCUT2D eigenvalue weighted by molar-refractivity contribution is -0.136. The van der Waals surface area contributed by atoms with E-state index in [-0.39, 0.29) is 17.9 Å². The SMILES string of the molecule is Cc1ccc(C2=NO[C@@H](CN(Cc3cccc(Cl)c3)C(=O)C(C)C)C2)cc1. The van der Waals surface area contributed by atoms with Gasteiger partial charge in [0.25, 0.3) is 0 Å². The summed E-state index contributed by atoms with van der Waals surface area (Å²) in [4.78, 5) is 20.2. The quantitative estimate of drug-likeness (QED) is 0.716. The van der Waals surface area contributed by atoms with E-state index in [0.29, 0.717) is 24.5 Å². The van der Waals surface area contributed by atoms with Gasteiger partial charge in [-0.15, -0.1) is 0 Å². The zero-order valence-electron chi connectivity index (χ0n) is 16.0. The molecule has 4 nitrogen and oxygen atoms in total. The van der Waals surface area contributed by atoms with Crippen LogP contribution in [0, 0.1) is 12.8 Å². The third-order valence-electron chi connectivity index (χ3n) is 4.61. The van der Waals surface area contributed by atoms with E-state index >= 15 is 0 Å². The third kappa shape index (κ3) is 5.10. The van der Waals surface area contributed by atoms with Gasteiger partial charge in [0.2, 0.25) is 5.91 Å². The van der Waals surface area contributed by atoms with Crippen LogP contribution in [0.4, 0.5) is 0 Å². The molecule has 0 unspecified atom stereocenters. The van der Waals surface area contributed by atoms with Crippen molar-refractivity contribution in [1.29, 1.82) is 0 Å². The Morgan fingerprint density at radius 3 is 2.67 bits per heavy atom. The summed E-state index contributed by atoms with van der Waals surface area (Å²) in [5.41, 5.74) is 4.22. The first-order chi connectivity index (χ1) is 12.9. The molecule has 0 N–H and O–H groups in total. The number of rotatable bonds is 6. The van der Waals surface area contributed by atoms with E-state index in [4.69, 9.17) is 16.4 Å². The number of aryl methyl sites for hydroxylation is 1. The van der Waals surface area contributed by atoms with Crippen LogP contribution < -0.4 is 0 Å². The second kappa shape index (κ2) is 8.57. The summed E-state index contributed by atoms with van der Waals surface area (Å²) in [6, 6.07) is 15.9. The van der Waals surface area contributed by atoms with Crippen LogP contribution >= 0.6 is 11.6 Å². The summed E-state index contributed by atoms with van der Waals surface area (Å²) in [5.74, 6) is 0.0189. The number of amides is 1. The normalized spacial score (nSPS) is 16.2. The van der Waals surface area contributed by atoms with Crippen molar-refractivity contribution in [2.75, 3.05) is 6.54 Å². The number of hydrogen-bond donors (Lipinski definition) is 0. The van der Waals surface area contributed by atoms with Gasteiger partial charge >= 0.3 is 0 Å². The predicted octanol–water partition coefficient (Wildman–Crippen LogP) is 4.83. The third-order valence-corrected chi connectivity index (χ3v) is 4.84. The maximum atomic E-state index is 12.7.